The normalized spacial score (nSPS) is 15.9. The van der Waals surface area contributed by atoms with Crippen molar-refractivity contribution in [3.05, 3.63) is 65.8 Å². The number of carbonyl (C=O) groups excluding carboxylic acids is 1. The maximum Gasteiger partial charge on any atom is 0.236 e. The fourth-order valence-corrected chi connectivity index (χ4v) is 4.64. The zero-order valence-corrected chi connectivity index (χ0v) is 16.4. The van der Waals surface area contributed by atoms with E-state index in [0.29, 0.717) is 31.9 Å². The molecule has 0 unspecified atom stereocenters. The van der Waals surface area contributed by atoms with Crippen LogP contribution in [-0.4, -0.2) is 60.4 Å². The second kappa shape index (κ2) is 9.16. The third kappa shape index (κ3) is 5.66. The van der Waals surface area contributed by atoms with E-state index in [4.69, 9.17) is 0 Å². The molecule has 1 aromatic heterocycles. The van der Waals surface area contributed by atoms with Gasteiger partial charge in [-0.15, -0.1) is 11.8 Å². The van der Waals surface area contributed by atoms with E-state index in [1.54, 1.807) is 23.4 Å². The Morgan fingerprint density at radius 1 is 1.04 bits per heavy atom. The van der Waals surface area contributed by atoms with Crippen LogP contribution >= 0.6 is 11.8 Å². The van der Waals surface area contributed by atoms with Crippen molar-refractivity contribution in [1.29, 1.82) is 0 Å². The van der Waals surface area contributed by atoms with Gasteiger partial charge in [0, 0.05) is 48.9 Å². The minimum absolute atomic E-state index is 0.0219. The summed E-state index contributed by atoms with van der Waals surface area (Å²) in [4.78, 5) is 19.0. The van der Waals surface area contributed by atoms with Gasteiger partial charge in [0.2, 0.25) is 15.9 Å². The van der Waals surface area contributed by atoms with Gasteiger partial charge in [-0.2, -0.15) is 4.31 Å². The highest BCUT2D eigenvalue weighted by Gasteiger charge is 2.27. The summed E-state index contributed by atoms with van der Waals surface area (Å²) < 4.78 is 26.4. The van der Waals surface area contributed by atoms with Gasteiger partial charge >= 0.3 is 0 Å². The molecule has 8 heteroatoms. The standard InChI is InChI=1S/C19H21N3O3S2/c23-19(16-26-18-6-9-20-10-7-18)21-11-13-22(14-12-21)27(24,25)15-8-17-4-2-1-3-5-17/h1-10,15H,11-14,16H2/b15-8+. The van der Waals surface area contributed by atoms with Crippen LogP contribution in [-0.2, 0) is 14.8 Å². The number of carbonyl (C=O) groups is 1. The lowest BCUT2D eigenvalue weighted by molar-refractivity contribution is -0.129. The summed E-state index contributed by atoms with van der Waals surface area (Å²) in [5.74, 6) is 0.360. The van der Waals surface area contributed by atoms with Crippen LogP contribution in [0.25, 0.3) is 6.08 Å². The number of amides is 1. The largest absolute Gasteiger partial charge is 0.339 e. The predicted octanol–water partition coefficient (Wildman–Crippen LogP) is 2.32. The fourth-order valence-electron chi connectivity index (χ4n) is 2.68. The van der Waals surface area contributed by atoms with Crippen molar-refractivity contribution < 1.29 is 13.2 Å². The number of sulfonamides is 1. The van der Waals surface area contributed by atoms with Crippen LogP contribution < -0.4 is 0 Å². The van der Waals surface area contributed by atoms with Gasteiger partial charge in [-0.3, -0.25) is 9.78 Å². The number of nitrogens with zero attached hydrogens (tertiary/aromatic N) is 3. The van der Waals surface area contributed by atoms with Crippen LogP contribution in [0.1, 0.15) is 5.56 Å². The molecule has 0 aliphatic carbocycles. The minimum atomic E-state index is -3.48. The zero-order chi connectivity index (χ0) is 19.1. The first-order chi connectivity index (χ1) is 13.0. The molecule has 142 valence electrons. The number of piperazine rings is 1. The van der Waals surface area contributed by atoms with Crippen LogP contribution in [0.2, 0.25) is 0 Å². The molecule has 0 N–H and O–H groups in total. The van der Waals surface area contributed by atoms with E-state index in [1.165, 1.54) is 21.5 Å². The highest BCUT2D eigenvalue weighted by molar-refractivity contribution is 8.00. The van der Waals surface area contributed by atoms with E-state index in [1.807, 2.05) is 42.5 Å². The van der Waals surface area contributed by atoms with Crippen molar-refractivity contribution >= 4 is 33.8 Å². The van der Waals surface area contributed by atoms with Gasteiger partial charge in [-0.05, 0) is 23.8 Å². The third-order valence-corrected chi connectivity index (χ3v) is 6.76. The summed E-state index contributed by atoms with van der Waals surface area (Å²) in [6, 6.07) is 13.0. The van der Waals surface area contributed by atoms with E-state index in [0.717, 1.165) is 10.5 Å². The zero-order valence-electron chi connectivity index (χ0n) is 14.8. The number of hydrogen-bond donors (Lipinski definition) is 0. The molecule has 0 bridgehead atoms. The van der Waals surface area contributed by atoms with Crippen LogP contribution in [0.5, 0.6) is 0 Å². The first kappa shape index (κ1) is 19.6. The summed E-state index contributed by atoms with van der Waals surface area (Å²) in [5, 5.41) is 1.24. The second-order valence-electron chi connectivity index (χ2n) is 6.01. The van der Waals surface area contributed by atoms with Gasteiger partial charge < -0.3 is 4.90 Å². The molecule has 0 saturated carbocycles. The molecular formula is C19H21N3O3S2. The minimum Gasteiger partial charge on any atom is -0.339 e. The molecule has 27 heavy (non-hydrogen) atoms. The number of thioether (sulfide) groups is 1. The quantitative estimate of drug-likeness (QED) is 0.693. The Labute approximate surface area is 163 Å². The van der Waals surface area contributed by atoms with E-state index < -0.39 is 10.0 Å². The first-order valence-corrected chi connectivity index (χ1v) is 11.1. The van der Waals surface area contributed by atoms with E-state index in [2.05, 4.69) is 4.98 Å². The number of aromatic nitrogens is 1. The highest BCUT2D eigenvalue weighted by atomic mass is 32.2. The number of benzene rings is 1. The smallest absolute Gasteiger partial charge is 0.236 e. The Morgan fingerprint density at radius 3 is 2.37 bits per heavy atom. The lowest BCUT2D eigenvalue weighted by atomic mass is 10.2. The van der Waals surface area contributed by atoms with E-state index >= 15 is 0 Å². The van der Waals surface area contributed by atoms with Crippen molar-refractivity contribution in [2.24, 2.45) is 0 Å². The lowest BCUT2D eigenvalue weighted by Crippen LogP contribution is -2.50. The van der Waals surface area contributed by atoms with E-state index in [-0.39, 0.29) is 5.91 Å². The van der Waals surface area contributed by atoms with Gasteiger partial charge in [-0.25, -0.2) is 8.42 Å². The van der Waals surface area contributed by atoms with E-state index in [9.17, 15) is 13.2 Å². The summed E-state index contributed by atoms with van der Waals surface area (Å²) >= 11 is 1.46. The average molecular weight is 404 g/mol. The van der Waals surface area contributed by atoms with Gasteiger partial charge in [0.05, 0.1) is 5.75 Å². The third-order valence-electron chi connectivity index (χ3n) is 4.20. The summed E-state index contributed by atoms with van der Waals surface area (Å²) in [5.41, 5.74) is 0.836. The molecule has 1 aliphatic rings. The van der Waals surface area contributed by atoms with Crippen molar-refractivity contribution in [3.63, 3.8) is 0 Å². The van der Waals surface area contributed by atoms with Gasteiger partial charge in [0.15, 0.2) is 0 Å². The highest BCUT2D eigenvalue weighted by Crippen LogP contribution is 2.18. The molecule has 0 atom stereocenters. The maximum atomic E-state index is 12.5. The first-order valence-electron chi connectivity index (χ1n) is 8.58. The van der Waals surface area contributed by atoms with Gasteiger partial charge in [0.1, 0.15) is 0 Å². The Hall–Kier alpha value is -2.16. The van der Waals surface area contributed by atoms with Crippen molar-refractivity contribution in [3.8, 4) is 0 Å². The molecule has 2 heterocycles. The monoisotopic (exact) mass is 403 g/mol. The fraction of sp³-hybridized carbons (Fsp3) is 0.263. The Balaban J connectivity index is 1.50. The Kier molecular flexibility index (Phi) is 6.65. The van der Waals surface area contributed by atoms with Crippen molar-refractivity contribution in [2.75, 3.05) is 31.9 Å². The lowest BCUT2D eigenvalue weighted by Gasteiger charge is -2.33. The number of hydrogen-bond acceptors (Lipinski definition) is 5. The molecule has 0 radical (unpaired) electrons. The maximum absolute atomic E-state index is 12.5. The molecule has 3 rings (SSSR count). The van der Waals surface area contributed by atoms with Gasteiger partial charge in [0.25, 0.3) is 0 Å². The molecule has 1 aliphatic heterocycles. The number of rotatable bonds is 6. The SMILES string of the molecule is O=C(CSc1ccncc1)N1CCN(S(=O)(=O)/C=C/c2ccccc2)CC1. The Morgan fingerprint density at radius 2 is 1.70 bits per heavy atom. The second-order valence-corrected chi connectivity index (χ2v) is 8.88. The average Bonchev–Trinajstić information content (AvgIpc) is 2.72. The summed E-state index contributed by atoms with van der Waals surface area (Å²) in [6.07, 6.45) is 4.98. The molecule has 1 fully saturated rings. The summed E-state index contributed by atoms with van der Waals surface area (Å²) in [6.45, 7) is 1.45. The summed E-state index contributed by atoms with van der Waals surface area (Å²) in [7, 11) is -3.48. The van der Waals surface area contributed by atoms with Crippen molar-refractivity contribution in [2.45, 2.75) is 4.90 Å². The molecule has 0 spiro atoms. The molecule has 1 saturated heterocycles. The van der Waals surface area contributed by atoms with Crippen molar-refractivity contribution in [1.82, 2.24) is 14.2 Å². The topological polar surface area (TPSA) is 70.6 Å². The van der Waals surface area contributed by atoms with Gasteiger partial charge in [-0.1, -0.05) is 30.3 Å². The van der Waals surface area contributed by atoms with Crippen LogP contribution in [0, 0.1) is 0 Å². The molecule has 6 nitrogen and oxygen atoms in total. The predicted molar refractivity (Wildman–Crippen MR) is 108 cm³/mol. The van der Waals surface area contributed by atoms with Crippen LogP contribution in [0.15, 0.2) is 65.2 Å². The Bertz CT molecular complexity index is 879. The molecule has 1 aromatic carbocycles. The van der Waals surface area contributed by atoms with Crippen LogP contribution in [0.3, 0.4) is 0 Å². The van der Waals surface area contributed by atoms with Crippen LogP contribution in [0.4, 0.5) is 0 Å². The molecule has 1 amide bonds. The molecular weight excluding hydrogens is 382 g/mol. The molecule has 2 aromatic rings. The number of pyridine rings is 1.